The molecule has 47 heavy (non-hydrogen) atoms. The van der Waals surface area contributed by atoms with Gasteiger partial charge in [0.05, 0.1) is 24.3 Å². The number of ether oxygens (including phenoxy) is 4. The summed E-state index contributed by atoms with van der Waals surface area (Å²) in [5, 5.41) is 9.25. The van der Waals surface area contributed by atoms with E-state index in [2.05, 4.69) is 0 Å². The molecule has 0 radical (unpaired) electrons. The number of rotatable bonds is 16. The first-order valence-electron chi connectivity index (χ1n) is 15.6. The summed E-state index contributed by atoms with van der Waals surface area (Å²) in [6.45, 7) is 2.79. The van der Waals surface area contributed by atoms with E-state index >= 15 is 0 Å². The predicted octanol–water partition coefficient (Wildman–Crippen LogP) is 8.30. The molecule has 0 saturated heterocycles. The van der Waals surface area contributed by atoms with Crippen molar-refractivity contribution in [2.75, 3.05) is 13.2 Å². The van der Waals surface area contributed by atoms with E-state index in [1.54, 1.807) is 60.7 Å². The van der Waals surface area contributed by atoms with Gasteiger partial charge in [-0.1, -0.05) is 73.7 Å². The first-order valence-corrected chi connectivity index (χ1v) is 15.6. The van der Waals surface area contributed by atoms with Crippen molar-refractivity contribution in [2.24, 2.45) is 0 Å². The first-order chi connectivity index (χ1) is 22.9. The van der Waals surface area contributed by atoms with Gasteiger partial charge in [0.2, 0.25) is 0 Å². The summed E-state index contributed by atoms with van der Waals surface area (Å²) in [7, 11) is 0. The van der Waals surface area contributed by atoms with Crippen molar-refractivity contribution in [3.05, 3.63) is 131 Å². The van der Waals surface area contributed by atoms with Crippen molar-refractivity contribution in [3.8, 4) is 23.3 Å². The van der Waals surface area contributed by atoms with Crippen LogP contribution in [0.25, 0.3) is 6.08 Å². The third-order valence-electron chi connectivity index (χ3n) is 7.11. The summed E-state index contributed by atoms with van der Waals surface area (Å²) < 4.78 is 21.9. The number of nitrogens with zero attached hydrogens (tertiary/aromatic N) is 1. The molecular formula is C39H37NO7. The molecule has 8 nitrogen and oxygen atoms in total. The van der Waals surface area contributed by atoms with Gasteiger partial charge in [-0.05, 0) is 92.1 Å². The normalized spacial score (nSPS) is 10.9. The number of benzene rings is 4. The Balaban J connectivity index is 1.06. The Labute approximate surface area is 275 Å². The topological polar surface area (TPSA) is 112 Å². The van der Waals surface area contributed by atoms with Crippen LogP contribution in [0.1, 0.15) is 70.4 Å². The Kier molecular flexibility index (Phi) is 13.3. The minimum Gasteiger partial charge on any atom is -0.494 e. The number of esters is 3. The van der Waals surface area contributed by atoms with Crippen molar-refractivity contribution in [3.63, 3.8) is 0 Å². The highest BCUT2D eigenvalue weighted by Gasteiger charge is 2.12. The maximum Gasteiger partial charge on any atom is 0.348 e. The van der Waals surface area contributed by atoms with Crippen LogP contribution in [-0.4, -0.2) is 31.1 Å². The van der Waals surface area contributed by atoms with Gasteiger partial charge in [-0.15, -0.1) is 0 Å². The van der Waals surface area contributed by atoms with Crippen molar-refractivity contribution in [1.29, 1.82) is 5.26 Å². The van der Waals surface area contributed by atoms with Gasteiger partial charge in [0.15, 0.2) is 0 Å². The van der Waals surface area contributed by atoms with Crippen molar-refractivity contribution in [2.45, 2.75) is 45.4 Å². The van der Waals surface area contributed by atoms with Gasteiger partial charge in [0.25, 0.3) is 0 Å². The zero-order chi connectivity index (χ0) is 33.3. The molecule has 0 aromatic heterocycles. The number of hydrogen-bond acceptors (Lipinski definition) is 8. The van der Waals surface area contributed by atoms with Crippen LogP contribution in [0.15, 0.2) is 109 Å². The molecule has 0 amide bonds. The fraction of sp³-hybridized carbons (Fsp3) is 0.231. The maximum atomic E-state index is 12.6. The van der Waals surface area contributed by atoms with E-state index in [0.29, 0.717) is 35.0 Å². The summed E-state index contributed by atoms with van der Waals surface area (Å²) >= 11 is 0. The second-order valence-corrected chi connectivity index (χ2v) is 10.8. The van der Waals surface area contributed by atoms with E-state index in [9.17, 15) is 19.6 Å². The second-order valence-electron chi connectivity index (χ2n) is 10.8. The quantitative estimate of drug-likeness (QED) is 0.0399. The van der Waals surface area contributed by atoms with Gasteiger partial charge in [-0.3, -0.25) is 0 Å². The Morgan fingerprint density at radius 1 is 0.617 bits per heavy atom. The smallest absolute Gasteiger partial charge is 0.348 e. The molecule has 0 N–H and O–H groups in total. The fourth-order valence-corrected chi connectivity index (χ4v) is 4.48. The van der Waals surface area contributed by atoms with Crippen LogP contribution in [0.3, 0.4) is 0 Å². The molecule has 0 bridgehead atoms. The highest BCUT2D eigenvalue weighted by molar-refractivity contribution is 5.97. The number of carbonyl (C=O) groups excluding carboxylic acids is 3. The van der Waals surface area contributed by atoms with E-state index in [4.69, 9.17) is 18.9 Å². The molecular weight excluding hydrogens is 594 g/mol. The van der Waals surface area contributed by atoms with E-state index in [0.717, 1.165) is 49.7 Å². The third kappa shape index (κ3) is 11.6. The largest absolute Gasteiger partial charge is 0.494 e. The van der Waals surface area contributed by atoms with E-state index in [-0.39, 0.29) is 12.2 Å². The summed E-state index contributed by atoms with van der Waals surface area (Å²) in [6.07, 6.45) is 7.16. The average molecular weight is 632 g/mol. The molecule has 4 rings (SSSR count). The van der Waals surface area contributed by atoms with Gasteiger partial charge in [-0.25, -0.2) is 14.4 Å². The van der Waals surface area contributed by atoms with E-state index in [1.165, 1.54) is 6.08 Å². The number of unbranched alkanes of at least 4 members (excludes halogenated alkanes) is 5. The van der Waals surface area contributed by atoms with Gasteiger partial charge < -0.3 is 18.9 Å². The lowest BCUT2D eigenvalue weighted by Gasteiger charge is -2.09. The highest BCUT2D eigenvalue weighted by atomic mass is 16.5. The molecule has 0 aliphatic carbocycles. The van der Waals surface area contributed by atoms with Crippen LogP contribution in [0.4, 0.5) is 0 Å². The highest BCUT2D eigenvalue weighted by Crippen LogP contribution is 2.21. The molecule has 240 valence electrons. The third-order valence-corrected chi connectivity index (χ3v) is 7.11. The molecule has 0 fully saturated rings. The van der Waals surface area contributed by atoms with Gasteiger partial charge in [-0.2, -0.15) is 5.26 Å². The van der Waals surface area contributed by atoms with E-state index < -0.39 is 17.9 Å². The molecule has 0 aliphatic heterocycles. The molecule has 0 saturated carbocycles. The van der Waals surface area contributed by atoms with Crippen LogP contribution in [0, 0.1) is 18.3 Å². The monoisotopic (exact) mass is 631 g/mol. The number of aryl methyl sites for hydroxylation is 1. The maximum absolute atomic E-state index is 12.6. The standard InChI is InChI=1S/C39H37NO7/c1-29-13-15-31(16-14-29)38(42)46-35-21-23-36(24-22-35)47-39(43)32-17-19-34(20-18-32)44-25-9-4-2-3-5-10-26-45-37(41)33(28-40)27-30-11-7-6-8-12-30/h6-8,11-24,27H,2-5,9-10,25-26H2,1H3/b33-27+. The minimum absolute atomic E-state index is 0.00624. The summed E-state index contributed by atoms with van der Waals surface area (Å²) in [4.78, 5) is 37.0. The second kappa shape index (κ2) is 18.3. The zero-order valence-electron chi connectivity index (χ0n) is 26.4. The molecule has 0 aliphatic rings. The van der Waals surface area contributed by atoms with Crippen molar-refractivity contribution >= 4 is 24.0 Å². The van der Waals surface area contributed by atoms with Crippen molar-refractivity contribution in [1.82, 2.24) is 0 Å². The van der Waals surface area contributed by atoms with Gasteiger partial charge >= 0.3 is 17.9 Å². The Bertz CT molecular complexity index is 1670. The van der Waals surface area contributed by atoms with Crippen LogP contribution in [0.5, 0.6) is 17.2 Å². The van der Waals surface area contributed by atoms with Crippen LogP contribution in [-0.2, 0) is 9.53 Å². The minimum atomic E-state index is -0.594. The van der Waals surface area contributed by atoms with Crippen LogP contribution < -0.4 is 14.2 Å². The summed E-state index contributed by atoms with van der Waals surface area (Å²) in [6, 6.07) is 31.3. The summed E-state index contributed by atoms with van der Waals surface area (Å²) in [5.41, 5.74) is 2.66. The van der Waals surface area contributed by atoms with E-state index in [1.807, 2.05) is 55.5 Å². The summed E-state index contributed by atoms with van der Waals surface area (Å²) in [5.74, 6) is -0.224. The molecule has 4 aromatic carbocycles. The first kappa shape index (κ1) is 34.2. The Morgan fingerprint density at radius 2 is 1.11 bits per heavy atom. The SMILES string of the molecule is Cc1ccc(C(=O)Oc2ccc(OC(=O)c3ccc(OCCCCCCCCOC(=O)/C(C#N)=C/c4ccccc4)cc3)cc2)cc1. The van der Waals surface area contributed by atoms with Crippen LogP contribution >= 0.6 is 0 Å². The number of hydrogen-bond donors (Lipinski definition) is 0. The molecule has 0 unspecified atom stereocenters. The Morgan fingerprint density at radius 3 is 1.66 bits per heavy atom. The van der Waals surface area contributed by atoms with Gasteiger partial charge in [0, 0.05) is 0 Å². The average Bonchev–Trinajstić information content (AvgIpc) is 3.09. The number of nitriles is 1. The number of carbonyl (C=O) groups is 3. The molecule has 8 heteroatoms. The zero-order valence-corrected chi connectivity index (χ0v) is 26.4. The molecule has 0 atom stereocenters. The fourth-order valence-electron chi connectivity index (χ4n) is 4.48. The molecule has 4 aromatic rings. The lowest BCUT2D eigenvalue weighted by atomic mass is 10.1. The Hall–Kier alpha value is -5.68. The molecule has 0 spiro atoms. The lowest BCUT2D eigenvalue weighted by Crippen LogP contribution is -2.09. The van der Waals surface area contributed by atoms with Crippen molar-refractivity contribution < 1.29 is 33.3 Å². The predicted molar refractivity (Wildman–Crippen MR) is 178 cm³/mol. The lowest BCUT2D eigenvalue weighted by molar-refractivity contribution is -0.138. The van der Waals surface area contributed by atoms with Gasteiger partial charge in [0.1, 0.15) is 28.9 Å². The molecule has 0 heterocycles. The van der Waals surface area contributed by atoms with Crippen LogP contribution in [0.2, 0.25) is 0 Å².